The quantitative estimate of drug-likeness (QED) is 0.769. The van der Waals surface area contributed by atoms with Gasteiger partial charge >= 0.3 is 0 Å². The summed E-state index contributed by atoms with van der Waals surface area (Å²) in [7, 11) is 0. The van der Waals surface area contributed by atoms with E-state index in [0.717, 1.165) is 0 Å². The first-order chi connectivity index (χ1) is 7.52. The lowest BCUT2D eigenvalue weighted by molar-refractivity contribution is -0.122. The number of rotatable bonds is 5. The maximum Gasteiger partial charge on any atom is 0.240 e. The average molecular weight is 222 g/mol. The van der Waals surface area contributed by atoms with Crippen molar-refractivity contribution in [3.63, 3.8) is 0 Å². The van der Waals surface area contributed by atoms with E-state index in [1.54, 1.807) is 23.0 Å². The van der Waals surface area contributed by atoms with Crippen LogP contribution in [0.1, 0.15) is 37.6 Å². The van der Waals surface area contributed by atoms with Gasteiger partial charge in [-0.3, -0.25) is 9.59 Å². The highest BCUT2D eigenvalue weighted by molar-refractivity contribution is 5.95. The highest BCUT2D eigenvalue weighted by Gasteiger charge is 2.07. The van der Waals surface area contributed by atoms with Crippen LogP contribution < -0.4 is 5.32 Å². The van der Waals surface area contributed by atoms with Crippen LogP contribution in [-0.4, -0.2) is 22.3 Å². The molecule has 0 bridgehead atoms. The average Bonchev–Trinajstić information content (AvgIpc) is 2.63. The van der Waals surface area contributed by atoms with Crippen molar-refractivity contribution in [2.45, 2.75) is 39.8 Å². The molecule has 0 saturated carbocycles. The molecule has 1 rings (SSSR count). The van der Waals surface area contributed by atoms with Crippen LogP contribution in [0.2, 0.25) is 0 Å². The number of hydrogen-bond acceptors (Lipinski definition) is 2. The van der Waals surface area contributed by atoms with Crippen LogP contribution in [0.25, 0.3) is 0 Å². The monoisotopic (exact) mass is 222 g/mol. The molecule has 1 aromatic heterocycles. The minimum atomic E-state index is -0.0407. The Hall–Kier alpha value is -1.58. The largest absolute Gasteiger partial charge is 0.352 e. The maximum absolute atomic E-state index is 11.5. The Bertz CT molecular complexity index is 380. The Morgan fingerprint density at radius 2 is 2.12 bits per heavy atom. The third kappa shape index (κ3) is 3.53. The zero-order valence-electron chi connectivity index (χ0n) is 9.99. The highest BCUT2D eigenvalue weighted by Crippen LogP contribution is 2.04. The smallest absolute Gasteiger partial charge is 0.240 e. The van der Waals surface area contributed by atoms with E-state index in [-0.39, 0.29) is 24.3 Å². The van der Waals surface area contributed by atoms with Crippen LogP contribution in [-0.2, 0) is 11.3 Å². The lowest BCUT2D eigenvalue weighted by atomic mass is 10.2. The molecule has 0 unspecified atom stereocenters. The number of nitrogens with one attached hydrogen (secondary N) is 1. The normalized spacial score (nSPS) is 10.5. The minimum Gasteiger partial charge on any atom is -0.352 e. The van der Waals surface area contributed by atoms with Crippen LogP contribution in [0.4, 0.5) is 0 Å². The van der Waals surface area contributed by atoms with Crippen LogP contribution in [0.5, 0.6) is 0 Å². The Morgan fingerprint density at radius 3 is 2.69 bits per heavy atom. The third-order valence-corrected chi connectivity index (χ3v) is 2.17. The van der Waals surface area contributed by atoms with E-state index < -0.39 is 0 Å². The standard InChI is InChI=1S/C12H18N2O2/c1-4-11(15)10-5-6-14(7-10)8-12(16)13-9(2)3/h5-7,9H,4,8H2,1-3H3,(H,13,16). The lowest BCUT2D eigenvalue weighted by Gasteiger charge is -2.08. The van der Waals surface area contributed by atoms with Gasteiger partial charge in [-0.15, -0.1) is 0 Å². The molecule has 0 radical (unpaired) electrons. The van der Waals surface area contributed by atoms with Crippen LogP contribution in [0, 0.1) is 0 Å². The SMILES string of the molecule is CCC(=O)c1ccn(CC(=O)NC(C)C)c1. The fraction of sp³-hybridized carbons (Fsp3) is 0.500. The van der Waals surface area contributed by atoms with Gasteiger partial charge in [-0.1, -0.05) is 6.92 Å². The third-order valence-electron chi connectivity index (χ3n) is 2.17. The second-order valence-corrected chi connectivity index (χ2v) is 4.07. The first-order valence-corrected chi connectivity index (χ1v) is 5.51. The molecule has 0 aliphatic carbocycles. The zero-order valence-corrected chi connectivity index (χ0v) is 9.99. The van der Waals surface area contributed by atoms with E-state index in [0.29, 0.717) is 12.0 Å². The lowest BCUT2D eigenvalue weighted by Crippen LogP contribution is -2.32. The summed E-state index contributed by atoms with van der Waals surface area (Å²) in [6.07, 6.45) is 3.96. The van der Waals surface area contributed by atoms with E-state index in [4.69, 9.17) is 0 Å². The molecule has 1 amide bonds. The predicted octanol–water partition coefficient (Wildman–Crippen LogP) is 1.61. The van der Waals surface area contributed by atoms with Crippen LogP contribution in [0.15, 0.2) is 18.5 Å². The minimum absolute atomic E-state index is 0.0407. The number of carbonyl (C=O) groups excluding carboxylic acids is 2. The number of aromatic nitrogens is 1. The summed E-state index contributed by atoms with van der Waals surface area (Å²) in [6.45, 7) is 5.92. The molecule has 0 aromatic carbocycles. The fourth-order valence-corrected chi connectivity index (χ4v) is 1.44. The molecule has 1 aromatic rings. The maximum atomic E-state index is 11.5. The van der Waals surface area contributed by atoms with Gasteiger partial charge < -0.3 is 9.88 Å². The summed E-state index contributed by atoms with van der Waals surface area (Å²) in [5, 5.41) is 2.80. The summed E-state index contributed by atoms with van der Waals surface area (Å²) < 4.78 is 1.72. The van der Waals surface area contributed by atoms with E-state index in [9.17, 15) is 9.59 Å². The zero-order chi connectivity index (χ0) is 12.1. The van der Waals surface area contributed by atoms with Crippen molar-refractivity contribution in [3.05, 3.63) is 24.0 Å². The molecule has 0 aliphatic heterocycles. The van der Waals surface area contributed by atoms with Crippen molar-refractivity contribution in [1.29, 1.82) is 0 Å². The molecule has 0 saturated heterocycles. The number of ketones is 1. The predicted molar refractivity (Wildman–Crippen MR) is 62.3 cm³/mol. The van der Waals surface area contributed by atoms with E-state index in [1.165, 1.54) is 0 Å². The van der Waals surface area contributed by atoms with Gasteiger partial charge in [0.2, 0.25) is 5.91 Å². The van der Waals surface area contributed by atoms with Gasteiger partial charge in [0.1, 0.15) is 6.54 Å². The van der Waals surface area contributed by atoms with Crippen molar-refractivity contribution in [2.75, 3.05) is 0 Å². The molecule has 4 heteroatoms. The summed E-state index contributed by atoms with van der Waals surface area (Å²) in [6, 6.07) is 1.88. The van der Waals surface area contributed by atoms with Crippen LogP contribution in [0.3, 0.4) is 0 Å². The first kappa shape index (κ1) is 12.5. The fourth-order valence-electron chi connectivity index (χ4n) is 1.44. The second kappa shape index (κ2) is 5.49. The Kier molecular flexibility index (Phi) is 4.28. The Morgan fingerprint density at radius 1 is 1.44 bits per heavy atom. The van der Waals surface area contributed by atoms with Crippen LogP contribution >= 0.6 is 0 Å². The molecule has 0 fully saturated rings. The number of nitrogens with zero attached hydrogens (tertiary/aromatic N) is 1. The Balaban J connectivity index is 2.58. The molecule has 1 N–H and O–H groups in total. The van der Waals surface area contributed by atoms with Crippen molar-refractivity contribution < 1.29 is 9.59 Å². The number of Topliss-reactive ketones (excluding diaryl/α,β-unsaturated/α-hetero) is 1. The van der Waals surface area contributed by atoms with Gasteiger partial charge in [0.25, 0.3) is 0 Å². The summed E-state index contributed by atoms with van der Waals surface area (Å²) in [5.41, 5.74) is 0.667. The molecule has 1 heterocycles. The van der Waals surface area contributed by atoms with Gasteiger partial charge in [-0.25, -0.2) is 0 Å². The summed E-state index contributed by atoms with van der Waals surface area (Å²) in [5.74, 6) is 0.0594. The molecular weight excluding hydrogens is 204 g/mol. The number of hydrogen-bond donors (Lipinski definition) is 1. The van der Waals surface area contributed by atoms with E-state index in [1.807, 2.05) is 20.8 Å². The summed E-state index contributed by atoms with van der Waals surface area (Å²) in [4.78, 5) is 22.8. The molecule has 0 aliphatic rings. The van der Waals surface area contributed by atoms with Crippen molar-refractivity contribution in [1.82, 2.24) is 9.88 Å². The van der Waals surface area contributed by atoms with Gasteiger partial charge in [0, 0.05) is 30.4 Å². The topological polar surface area (TPSA) is 51.1 Å². The van der Waals surface area contributed by atoms with E-state index >= 15 is 0 Å². The molecular formula is C12H18N2O2. The van der Waals surface area contributed by atoms with Crippen molar-refractivity contribution in [2.24, 2.45) is 0 Å². The van der Waals surface area contributed by atoms with Gasteiger partial charge in [0.05, 0.1) is 0 Å². The van der Waals surface area contributed by atoms with Crippen molar-refractivity contribution >= 4 is 11.7 Å². The molecule has 88 valence electrons. The number of carbonyl (C=O) groups is 2. The van der Waals surface area contributed by atoms with Gasteiger partial charge in [-0.2, -0.15) is 0 Å². The summed E-state index contributed by atoms with van der Waals surface area (Å²) >= 11 is 0. The Labute approximate surface area is 95.6 Å². The highest BCUT2D eigenvalue weighted by atomic mass is 16.2. The number of amides is 1. The van der Waals surface area contributed by atoms with Crippen molar-refractivity contribution in [3.8, 4) is 0 Å². The first-order valence-electron chi connectivity index (χ1n) is 5.51. The van der Waals surface area contributed by atoms with Gasteiger partial charge in [-0.05, 0) is 19.9 Å². The van der Waals surface area contributed by atoms with Gasteiger partial charge in [0.15, 0.2) is 5.78 Å². The van der Waals surface area contributed by atoms with E-state index in [2.05, 4.69) is 5.32 Å². The molecule has 4 nitrogen and oxygen atoms in total. The molecule has 0 atom stereocenters. The molecule has 0 spiro atoms. The molecule has 16 heavy (non-hydrogen) atoms. The second-order valence-electron chi connectivity index (χ2n) is 4.07.